The number of nitrogens with two attached hydrogens (primary N) is 1. The van der Waals surface area contributed by atoms with E-state index in [0.717, 1.165) is 25.7 Å². The van der Waals surface area contributed by atoms with Crippen LogP contribution in [0.3, 0.4) is 0 Å². The number of carbonyl (C=O) groups is 3. The van der Waals surface area contributed by atoms with Crippen molar-refractivity contribution in [1.29, 1.82) is 0 Å². The molecule has 0 aliphatic rings. The molecule has 48 heavy (non-hydrogen) atoms. The minimum atomic E-state index is -4.68. The lowest BCUT2D eigenvalue weighted by Crippen LogP contribution is -2.34. The Kier molecular flexibility index (Phi) is 31.6. The molecule has 0 saturated heterocycles. The van der Waals surface area contributed by atoms with Crippen molar-refractivity contribution in [1.82, 2.24) is 0 Å². The highest BCUT2D eigenvalue weighted by Crippen LogP contribution is 2.43. The lowest BCUT2D eigenvalue weighted by atomic mass is 10.0. The van der Waals surface area contributed by atoms with Gasteiger partial charge in [0.1, 0.15) is 12.6 Å². The van der Waals surface area contributed by atoms with Crippen molar-refractivity contribution >= 4 is 25.7 Å². The molecule has 3 atom stereocenters. The topological polar surface area (TPSA) is 172 Å². The van der Waals surface area contributed by atoms with Gasteiger partial charge in [0.15, 0.2) is 6.10 Å². The molecule has 0 aromatic heterocycles. The molecule has 11 nitrogen and oxygen atoms in total. The Morgan fingerprint density at radius 3 is 1.35 bits per heavy atom. The molecule has 0 saturated carbocycles. The van der Waals surface area contributed by atoms with E-state index in [4.69, 9.17) is 24.8 Å². The molecule has 0 aliphatic carbocycles. The molecule has 0 bridgehead atoms. The first-order valence-corrected chi connectivity index (χ1v) is 20.6. The number of hydrogen-bond donors (Lipinski definition) is 3. The van der Waals surface area contributed by atoms with Gasteiger partial charge in [0.2, 0.25) is 0 Å². The van der Waals surface area contributed by atoms with Crippen molar-refractivity contribution in [3.8, 4) is 0 Å². The molecule has 12 heteroatoms. The molecule has 0 amide bonds. The number of ether oxygens (including phenoxy) is 2. The largest absolute Gasteiger partial charge is 0.480 e. The summed E-state index contributed by atoms with van der Waals surface area (Å²) in [5.74, 6) is -2.41. The van der Waals surface area contributed by atoms with Gasteiger partial charge in [-0.3, -0.25) is 23.4 Å². The van der Waals surface area contributed by atoms with Gasteiger partial charge in [0, 0.05) is 12.8 Å². The number of rotatable bonds is 36. The van der Waals surface area contributed by atoms with Crippen LogP contribution in [-0.4, -0.2) is 59.9 Å². The molecule has 0 rings (SSSR count). The smallest absolute Gasteiger partial charge is 0.472 e. The number of carboxylic acids is 1. The van der Waals surface area contributed by atoms with Crippen LogP contribution in [0.4, 0.5) is 0 Å². The molecule has 0 heterocycles. The number of phosphoric ester groups is 1. The predicted octanol–water partition coefficient (Wildman–Crippen LogP) is 9.17. The summed E-state index contributed by atoms with van der Waals surface area (Å²) in [6, 6.07) is -1.51. The van der Waals surface area contributed by atoms with Gasteiger partial charge < -0.3 is 25.2 Å². The highest BCUT2D eigenvalue weighted by atomic mass is 31.2. The number of aliphatic carboxylic acids is 1. The summed E-state index contributed by atoms with van der Waals surface area (Å²) < 4.78 is 32.1. The molecule has 0 spiro atoms. The van der Waals surface area contributed by atoms with E-state index >= 15 is 0 Å². The minimum Gasteiger partial charge on any atom is -0.480 e. The summed E-state index contributed by atoms with van der Waals surface area (Å²) in [6.45, 7) is 2.53. The lowest BCUT2D eigenvalue weighted by molar-refractivity contribution is -0.161. The van der Waals surface area contributed by atoms with Crippen LogP contribution in [0.5, 0.6) is 0 Å². The monoisotopic (exact) mass is 707 g/mol. The van der Waals surface area contributed by atoms with E-state index in [-0.39, 0.29) is 19.4 Å². The van der Waals surface area contributed by atoms with Crippen LogP contribution < -0.4 is 5.73 Å². The zero-order valence-electron chi connectivity index (χ0n) is 30.3. The quantitative estimate of drug-likeness (QED) is 0.0322. The highest BCUT2D eigenvalue weighted by Gasteiger charge is 2.28. The third-order valence-corrected chi connectivity index (χ3v) is 9.31. The molecule has 0 aromatic rings. The van der Waals surface area contributed by atoms with E-state index in [1.54, 1.807) is 0 Å². The third-order valence-electron chi connectivity index (χ3n) is 8.36. The van der Waals surface area contributed by atoms with E-state index in [2.05, 4.69) is 11.4 Å². The number of hydrogen-bond acceptors (Lipinski definition) is 9. The van der Waals surface area contributed by atoms with E-state index in [0.29, 0.717) is 12.8 Å². The predicted molar refractivity (Wildman–Crippen MR) is 190 cm³/mol. The Bertz CT molecular complexity index is 844. The van der Waals surface area contributed by atoms with Crippen LogP contribution in [0.25, 0.3) is 0 Å². The minimum absolute atomic E-state index is 0.167. The fourth-order valence-electron chi connectivity index (χ4n) is 5.28. The standard InChI is InChI=1S/C36H70NO10P/c1-3-5-7-8-9-10-11-12-13-14-15-16-17-18-19-20-21-22-23-24-25-26-28-35(39)47-32(29-44-34(38)27-6-4-2)30-45-48(42,43)46-31-33(37)36(40)41/h32-33H,3-31,37H2,1-2H3,(H,40,41)(H,42,43). The van der Waals surface area contributed by atoms with E-state index in [9.17, 15) is 23.8 Å². The zero-order chi connectivity index (χ0) is 35.7. The van der Waals surface area contributed by atoms with Gasteiger partial charge in [-0.1, -0.05) is 155 Å². The maximum absolute atomic E-state index is 12.4. The van der Waals surface area contributed by atoms with E-state index in [1.165, 1.54) is 116 Å². The average Bonchev–Trinajstić information content (AvgIpc) is 3.06. The molecule has 0 radical (unpaired) electrons. The Morgan fingerprint density at radius 2 is 0.938 bits per heavy atom. The average molecular weight is 708 g/mol. The van der Waals surface area contributed by atoms with Crippen molar-refractivity contribution in [2.24, 2.45) is 5.73 Å². The zero-order valence-corrected chi connectivity index (χ0v) is 31.2. The maximum Gasteiger partial charge on any atom is 0.472 e. The maximum atomic E-state index is 12.4. The molecular formula is C36H70NO10P. The molecule has 3 unspecified atom stereocenters. The van der Waals surface area contributed by atoms with Crippen molar-refractivity contribution in [3.05, 3.63) is 0 Å². The van der Waals surface area contributed by atoms with E-state index < -0.39 is 51.1 Å². The van der Waals surface area contributed by atoms with Gasteiger partial charge in [-0.15, -0.1) is 0 Å². The number of phosphoric acid groups is 1. The number of carboxylic acid groups (broad SMARTS) is 1. The van der Waals surface area contributed by atoms with Gasteiger partial charge in [0.25, 0.3) is 0 Å². The summed E-state index contributed by atoms with van der Waals surface area (Å²) in [7, 11) is -4.68. The molecular weight excluding hydrogens is 637 g/mol. The summed E-state index contributed by atoms with van der Waals surface area (Å²) in [5.41, 5.74) is 5.28. The first kappa shape index (κ1) is 46.5. The lowest BCUT2D eigenvalue weighted by Gasteiger charge is -2.20. The van der Waals surface area contributed by atoms with Gasteiger partial charge in [0.05, 0.1) is 13.2 Å². The van der Waals surface area contributed by atoms with Crippen molar-refractivity contribution in [2.75, 3.05) is 19.8 Å². The van der Waals surface area contributed by atoms with Crippen LogP contribution in [-0.2, 0) is 37.5 Å². The van der Waals surface area contributed by atoms with Crippen molar-refractivity contribution in [2.45, 2.75) is 193 Å². The normalized spacial score (nSPS) is 13.9. The van der Waals surface area contributed by atoms with Crippen molar-refractivity contribution in [3.63, 3.8) is 0 Å². The fourth-order valence-corrected chi connectivity index (χ4v) is 6.06. The Labute approximate surface area is 291 Å². The van der Waals surface area contributed by atoms with Crippen molar-refractivity contribution < 1.29 is 47.5 Å². The summed E-state index contributed by atoms with van der Waals surface area (Å²) in [6.07, 6.45) is 28.9. The second kappa shape index (κ2) is 32.7. The molecule has 284 valence electrons. The van der Waals surface area contributed by atoms with Gasteiger partial charge in [-0.2, -0.15) is 0 Å². The van der Waals surface area contributed by atoms with Gasteiger partial charge in [-0.05, 0) is 12.8 Å². The molecule has 0 aliphatic heterocycles. The molecule has 4 N–H and O–H groups in total. The van der Waals surface area contributed by atoms with Gasteiger partial charge >= 0.3 is 25.7 Å². The number of esters is 2. The third kappa shape index (κ3) is 31.7. The highest BCUT2D eigenvalue weighted by molar-refractivity contribution is 7.47. The summed E-state index contributed by atoms with van der Waals surface area (Å²) in [4.78, 5) is 45.0. The number of carbonyl (C=O) groups excluding carboxylic acids is 2. The fraction of sp³-hybridized carbons (Fsp3) is 0.917. The first-order valence-electron chi connectivity index (χ1n) is 19.1. The Hall–Kier alpha value is -1.52. The number of unbranched alkanes of at least 4 members (excludes halogenated alkanes) is 22. The molecule has 0 aromatic carbocycles. The molecule has 0 fully saturated rings. The Morgan fingerprint density at radius 1 is 0.562 bits per heavy atom. The van der Waals surface area contributed by atoms with Crippen LogP contribution >= 0.6 is 7.82 Å². The summed E-state index contributed by atoms with van der Waals surface area (Å²) >= 11 is 0. The summed E-state index contributed by atoms with van der Waals surface area (Å²) in [5, 5.41) is 8.79. The Balaban J connectivity index is 3.96. The van der Waals surface area contributed by atoms with E-state index in [1.807, 2.05) is 6.92 Å². The first-order chi connectivity index (χ1) is 23.1. The van der Waals surface area contributed by atoms with Crippen LogP contribution in [0.15, 0.2) is 0 Å². The van der Waals surface area contributed by atoms with Crippen LogP contribution in [0.2, 0.25) is 0 Å². The van der Waals surface area contributed by atoms with Crippen LogP contribution in [0.1, 0.15) is 181 Å². The van der Waals surface area contributed by atoms with Gasteiger partial charge in [-0.25, -0.2) is 4.57 Å². The second-order valence-corrected chi connectivity index (χ2v) is 14.5. The second-order valence-electron chi connectivity index (χ2n) is 13.1. The SMILES string of the molecule is CCCCCCCCCCCCCCCCCCCCCCCCC(=O)OC(COC(=O)CCCC)COP(=O)(O)OCC(N)C(=O)O. The van der Waals surface area contributed by atoms with Crippen LogP contribution in [0, 0.1) is 0 Å².